The third-order valence-corrected chi connectivity index (χ3v) is 5.20. The Hall–Kier alpha value is -0.630. The summed E-state index contributed by atoms with van der Waals surface area (Å²) in [5, 5.41) is 8.91. The molecular formula is C11H13BrClNO4S. The second kappa shape index (κ2) is 6.21. The van der Waals surface area contributed by atoms with Crippen LogP contribution >= 0.6 is 27.5 Å². The highest BCUT2D eigenvalue weighted by atomic mass is 79.9. The minimum atomic E-state index is -3.85. The van der Waals surface area contributed by atoms with E-state index in [4.69, 9.17) is 16.7 Å². The first-order valence-corrected chi connectivity index (χ1v) is 8.00. The average Bonchev–Trinajstić information content (AvgIpc) is 2.26. The number of aliphatic carboxylic acids is 1. The van der Waals surface area contributed by atoms with Gasteiger partial charge in [0.1, 0.15) is 4.90 Å². The molecule has 8 heteroatoms. The molecule has 0 amide bonds. The number of rotatable bonds is 5. The van der Waals surface area contributed by atoms with Crippen molar-refractivity contribution < 1.29 is 18.3 Å². The number of hydrogen-bond donors (Lipinski definition) is 2. The van der Waals surface area contributed by atoms with E-state index >= 15 is 0 Å². The van der Waals surface area contributed by atoms with E-state index in [-0.39, 0.29) is 9.92 Å². The molecule has 2 N–H and O–H groups in total. The van der Waals surface area contributed by atoms with Crippen LogP contribution in [0.3, 0.4) is 0 Å². The molecule has 0 aliphatic rings. The molecule has 106 valence electrons. The lowest BCUT2D eigenvalue weighted by molar-refractivity contribution is -0.141. The lowest BCUT2D eigenvalue weighted by Gasteiger charge is -2.18. The summed E-state index contributed by atoms with van der Waals surface area (Å²) in [4.78, 5) is 10.7. The van der Waals surface area contributed by atoms with Gasteiger partial charge in [0.25, 0.3) is 0 Å². The number of sulfonamides is 1. The monoisotopic (exact) mass is 369 g/mol. The normalized spacial score (nSPS) is 14.9. The van der Waals surface area contributed by atoms with Crippen molar-refractivity contribution in [1.29, 1.82) is 0 Å². The Morgan fingerprint density at radius 2 is 2.00 bits per heavy atom. The molecule has 0 spiro atoms. The smallest absolute Gasteiger partial charge is 0.307 e. The molecule has 1 aromatic carbocycles. The van der Waals surface area contributed by atoms with Crippen molar-refractivity contribution >= 4 is 43.5 Å². The maximum Gasteiger partial charge on any atom is 0.307 e. The van der Waals surface area contributed by atoms with Gasteiger partial charge in [0.2, 0.25) is 10.0 Å². The fourth-order valence-electron chi connectivity index (χ4n) is 1.32. The molecule has 1 aromatic rings. The number of hydrogen-bond acceptors (Lipinski definition) is 3. The Morgan fingerprint density at radius 3 is 2.47 bits per heavy atom. The first kappa shape index (κ1) is 16.4. The summed E-state index contributed by atoms with van der Waals surface area (Å²) >= 11 is 9.05. The SMILES string of the molecule is CC(NS(=O)(=O)c1ccc(Br)cc1Cl)C(C)C(=O)O. The van der Waals surface area contributed by atoms with Crippen LogP contribution < -0.4 is 4.72 Å². The van der Waals surface area contributed by atoms with Crippen LogP contribution in [-0.4, -0.2) is 25.5 Å². The van der Waals surface area contributed by atoms with E-state index in [1.54, 1.807) is 6.07 Å². The summed E-state index contributed by atoms with van der Waals surface area (Å²) in [6.45, 7) is 2.92. The number of carbonyl (C=O) groups is 1. The Balaban J connectivity index is 3.02. The van der Waals surface area contributed by atoms with Gasteiger partial charge in [-0.05, 0) is 25.1 Å². The van der Waals surface area contributed by atoms with Gasteiger partial charge in [-0.15, -0.1) is 0 Å². The van der Waals surface area contributed by atoms with Gasteiger partial charge in [0, 0.05) is 10.5 Å². The van der Waals surface area contributed by atoms with Crippen molar-refractivity contribution in [3.8, 4) is 0 Å². The highest BCUT2D eigenvalue weighted by molar-refractivity contribution is 9.10. The van der Waals surface area contributed by atoms with Gasteiger partial charge in [-0.25, -0.2) is 13.1 Å². The summed E-state index contributed by atoms with van der Waals surface area (Å²) < 4.78 is 27.2. The van der Waals surface area contributed by atoms with Crippen LogP contribution in [0.5, 0.6) is 0 Å². The summed E-state index contributed by atoms with van der Waals surface area (Å²) in [6.07, 6.45) is 0. The fourth-order valence-corrected chi connectivity index (χ4v) is 3.68. The van der Waals surface area contributed by atoms with Crippen molar-refractivity contribution in [3.63, 3.8) is 0 Å². The summed E-state index contributed by atoms with van der Waals surface area (Å²) in [6, 6.07) is 3.61. The number of benzene rings is 1. The van der Waals surface area contributed by atoms with Crippen LogP contribution in [0, 0.1) is 5.92 Å². The van der Waals surface area contributed by atoms with Gasteiger partial charge in [-0.1, -0.05) is 34.5 Å². The minimum Gasteiger partial charge on any atom is -0.481 e. The van der Waals surface area contributed by atoms with Gasteiger partial charge in [-0.2, -0.15) is 0 Å². The van der Waals surface area contributed by atoms with E-state index in [0.717, 1.165) is 0 Å². The van der Waals surface area contributed by atoms with Gasteiger partial charge in [0.05, 0.1) is 10.9 Å². The number of carboxylic acids is 1. The van der Waals surface area contributed by atoms with E-state index in [0.29, 0.717) is 4.47 Å². The lowest BCUT2D eigenvalue weighted by Crippen LogP contribution is -2.40. The van der Waals surface area contributed by atoms with Crippen molar-refractivity contribution in [1.82, 2.24) is 4.72 Å². The minimum absolute atomic E-state index is 0.0667. The molecule has 0 aliphatic heterocycles. The quantitative estimate of drug-likeness (QED) is 0.834. The van der Waals surface area contributed by atoms with Gasteiger partial charge >= 0.3 is 5.97 Å². The molecule has 5 nitrogen and oxygen atoms in total. The van der Waals surface area contributed by atoms with Crippen molar-refractivity contribution in [3.05, 3.63) is 27.7 Å². The molecule has 0 aromatic heterocycles. The molecule has 0 bridgehead atoms. The van der Waals surface area contributed by atoms with E-state index in [1.165, 1.54) is 26.0 Å². The van der Waals surface area contributed by atoms with Crippen LogP contribution in [0.15, 0.2) is 27.6 Å². The lowest BCUT2D eigenvalue weighted by atomic mass is 10.1. The molecule has 1 rings (SSSR count). The molecule has 2 unspecified atom stereocenters. The molecule has 0 saturated heterocycles. The first-order valence-electron chi connectivity index (χ1n) is 5.35. The zero-order valence-corrected chi connectivity index (χ0v) is 13.4. The highest BCUT2D eigenvalue weighted by Crippen LogP contribution is 2.25. The Bertz CT molecular complexity index is 590. The molecule has 0 heterocycles. The molecule has 0 saturated carbocycles. The maximum atomic E-state index is 12.1. The average molecular weight is 371 g/mol. The first-order chi connectivity index (χ1) is 8.65. The molecule has 19 heavy (non-hydrogen) atoms. The van der Waals surface area contributed by atoms with E-state index in [9.17, 15) is 13.2 Å². The molecular weight excluding hydrogens is 358 g/mol. The van der Waals surface area contributed by atoms with Crippen LogP contribution in [0.1, 0.15) is 13.8 Å². The zero-order valence-electron chi connectivity index (χ0n) is 10.2. The second-order valence-corrected chi connectivity index (χ2v) is 7.12. The number of halogens is 2. The Morgan fingerprint density at radius 1 is 1.42 bits per heavy atom. The second-order valence-electron chi connectivity index (χ2n) is 4.11. The van der Waals surface area contributed by atoms with Gasteiger partial charge < -0.3 is 5.11 Å². The molecule has 0 radical (unpaired) electrons. The van der Waals surface area contributed by atoms with Crippen molar-refractivity contribution in [2.45, 2.75) is 24.8 Å². The van der Waals surface area contributed by atoms with Gasteiger partial charge in [0.15, 0.2) is 0 Å². The molecule has 0 aliphatic carbocycles. The zero-order chi connectivity index (χ0) is 14.8. The van der Waals surface area contributed by atoms with Crippen LogP contribution in [-0.2, 0) is 14.8 Å². The largest absolute Gasteiger partial charge is 0.481 e. The third-order valence-electron chi connectivity index (χ3n) is 2.66. The molecule has 0 fully saturated rings. The highest BCUT2D eigenvalue weighted by Gasteiger charge is 2.26. The molecule has 2 atom stereocenters. The summed E-state index contributed by atoms with van der Waals surface area (Å²) in [7, 11) is -3.85. The van der Waals surface area contributed by atoms with Crippen LogP contribution in [0.25, 0.3) is 0 Å². The number of carboxylic acid groups (broad SMARTS) is 1. The van der Waals surface area contributed by atoms with E-state index in [2.05, 4.69) is 20.7 Å². The fraction of sp³-hybridized carbons (Fsp3) is 0.364. The predicted molar refractivity (Wildman–Crippen MR) is 75.7 cm³/mol. The van der Waals surface area contributed by atoms with Crippen LogP contribution in [0.2, 0.25) is 5.02 Å². The maximum absolute atomic E-state index is 12.1. The van der Waals surface area contributed by atoms with Crippen molar-refractivity contribution in [2.75, 3.05) is 0 Å². The Kier molecular flexibility index (Phi) is 5.37. The van der Waals surface area contributed by atoms with Gasteiger partial charge in [-0.3, -0.25) is 4.79 Å². The standard InChI is InChI=1S/C11H13BrClNO4S/c1-6(11(15)16)7(2)14-19(17,18)10-4-3-8(12)5-9(10)13/h3-7,14H,1-2H3,(H,15,16). The Labute approximate surface area is 125 Å². The van der Waals surface area contributed by atoms with Crippen molar-refractivity contribution in [2.24, 2.45) is 5.92 Å². The number of nitrogens with one attached hydrogen (secondary N) is 1. The predicted octanol–water partition coefficient (Wildman–Crippen LogP) is 2.49. The summed E-state index contributed by atoms with van der Waals surface area (Å²) in [5.74, 6) is -1.92. The van der Waals surface area contributed by atoms with E-state index < -0.39 is 28.0 Å². The van der Waals surface area contributed by atoms with E-state index in [1.807, 2.05) is 0 Å². The third kappa shape index (κ3) is 4.17. The summed E-state index contributed by atoms with van der Waals surface area (Å²) in [5.41, 5.74) is 0. The topological polar surface area (TPSA) is 83.5 Å². The van der Waals surface area contributed by atoms with Crippen LogP contribution in [0.4, 0.5) is 0 Å².